The van der Waals surface area contributed by atoms with Gasteiger partial charge in [0.15, 0.2) is 0 Å². The summed E-state index contributed by atoms with van der Waals surface area (Å²) in [6.07, 6.45) is 0.614. The molecule has 9 N–H and O–H groups in total. The second-order valence-corrected chi connectivity index (χ2v) is 19.6. The lowest BCUT2D eigenvalue weighted by molar-refractivity contribution is -0.383. The number of carbonyl (C=O) groups excluding carboxylic acids is 4. The van der Waals surface area contributed by atoms with Gasteiger partial charge in [0.05, 0.1) is 71.1 Å². The van der Waals surface area contributed by atoms with Crippen molar-refractivity contribution < 1.29 is 46.6 Å². The van der Waals surface area contributed by atoms with Crippen molar-refractivity contribution in [2.75, 3.05) is 11.1 Å². The number of primary amides is 3. The molecule has 0 fully saturated rings. The fourth-order valence-electron chi connectivity index (χ4n) is 8.11. The lowest BCUT2D eigenvalue weighted by Crippen LogP contribution is -2.31. The molecular formula is C54H43Cl4F3N10O13. The predicted octanol–water partition coefficient (Wildman–Crippen LogP) is 9.15. The van der Waals surface area contributed by atoms with E-state index in [1.807, 2.05) is 0 Å². The average molecular weight is 1240 g/mol. The highest BCUT2D eigenvalue weighted by atomic mass is 35.5. The fourth-order valence-corrected chi connectivity index (χ4v) is 8.95. The van der Waals surface area contributed by atoms with E-state index in [0.717, 1.165) is 23.0 Å². The van der Waals surface area contributed by atoms with Crippen LogP contribution in [0.4, 0.5) is 35.9 Å². The van der Waals surface area contributed by atoms with E-state index in [1.54, 1.807) is 25.1 Å². The highest BCUT2D eigenvalue weighted by Crippen LogP contribution is 2.35. The number of anilines is 2. The molecule has 0 aliphatic heterocycles. The van der Waals surface area contributed by atoms with Crippen molar-refractivity contribution >= 4 is 136 Å². The van der Waals surface area contributed by atoms with Crippen LogP contribution in [0.25, 0.3) is 43.1 Å². The van der Waals surface area contributed by atoms with E-state index in [9.17, 15) is 71.8 Å². The first kappa shape index (κ1) is 63.6. The topological polar surface area (TPSA) is 367 Å². The Kier molecular flexibility index (Phi) is 19.7. The number of rotatable bonds is 11. The molecule has 4 heterocycles. The molecule has 0 saturated carbocycles. The second-order valence-electron chi connectivity index (χ2n) is 18.0. The summed E-state index contributed by atoms with van der Waals surface area (Å²) in [6, 6.07) is 19.1. The first-order valence-electron chi connectivity index (χ1n) is 24.0. The van der Waals surface area contributed by atoms with Crippen LogP contribution in [0.15, 0.2) is 146 Å². The fraction of sp³-hybridized carbons (Fsp3) is 0.148. The normalized spacial score (nSPS) is 12.1. The quantitative estimate of drug-likeness (QED) is 0.0458. The number of nitro groups is 2. The summed E-state index contributed by atoms with van der Waals surface area (Å²) < 4.78 is 46.2. The molecule has 0 radical (unpaired) electrons. The van der Waals surface area contributed by atoms with E-state index in [2.05, 4.69) is 9.73 Å². The van der Waals surface area contributed by atoms with Crippen molar-refractivity contribution in [2.45, 2.75) is 51.5 Å². The van der Waals surface area contributed by atoms with Crippen LogP contribution in [-0.4, -0.2) is 47.2 Å². The van der Waals surface area contributed by atoms with Gasteiger partial charge in [-0.05, 0) is 111 Å². The van der Waals surface area contributed by atoms with E-state index >= 15 is 0 Å². The van der Waals surface area contributed by atoms with Gasteiger partial charge in [0.25, 0.3) is 28.1 Å². The third-order valence-corrected chi connectivity index (χ3v) is 14.0. The number of nitrogen functional groups attached to an aromatic ring is 1. The summed E-state index contributed by atoms with van der Waals surface area (Å²) in [6.45, 7) is 4.52. The van der Waals surface area contributed by atoms with Gasteiger partial charge in [0, 0.05) is 40.1 Å². The Bertz CT molecular complexity index is 4400. The van der Waals surface area contributed by atoms with Crippen molar-refractivity contribution in [1.29, 1.82) is 0 Å². The Morgan fingerprint density at radius 1 is 0.548 bits per heavy atom. The van der Waals surface area contributed by atoms with Crippen LogP contribution in [0.2, 0.25) is 20.1 Å². The first-order valence-corrected chi connectivity index (χ1v) is 25.5. The molecule has 84 heavy (non-hydrogen) atoms. The smallest absolute Gasteiger partial charge is 0.416 e. The largest absolute Gasteiger partial charge is 0.431 e. The van der Waals surface area contributed by atoms with Crippen LogP contribution in [0.1, 0.15) is 50.0 Å². The van der Waals surface area contributed by atoms with Crippen LogP contribution >= 0.6 is 46.4 Å². The van der Waals surface area contributed by atoms with Gasteiger partial charge in [-0.2, -0.15) is 13.2 Å². The molecule has 4 aromatic heterocycles. The zero-order valence-electron chi connectivity index (χ0n) is 43.5. The van der Waals surface area contributed by atoms with E-state index in [1.165, 1.54) is 108 Å². The van der Waals surface area contributed by atoms with Crippen LogP contribution in [0.3, 0.4) is 0 Å². The highest BCUT2D eigenvalue weighted by Gasteiger charge is 2.30. The van der Waals surface area contributed by atoms with Gasteiger partial charge < -0.3 is 46.4 Å². The van der Waals surface area contributed by atoms with E-state index in [4.69, 9.17) is 69.3 Å². The molecule has 3 atom stereocenters. The Morgan fingerprint density at radius 3 is 1.37 bits per heavy atom. The van der Waals surface area contributed by atoms with Crippen LogP contribution < -0.4 is 50.6 Å². The van der Waals surface area contributed by atoms with Gasteiger partial charge >= 0.3 is 11.8 Å². The zero-order chi connectivity index (χ0) is 62.4. The minimum Gasteiger partial charge on any atom is -0.431 e. The van der Waals surface area contributed by atoms with Crippen LogP contribution in [0.5, 0.6) is 0 Å². The maximum Gasteiger partial charge on any atom is 0.416 e. The summed E-state index contributed by atoms with van der Waals surface area (Å²) in [5, 5.41) is 27.0. The summed E-state index contributed by atoms with van der Waals surface area (Å²) in [5.41, 5.74) is 19.0. The molecular weight excluding hydrogens is 1200 g/mol. The van der Waals surface area contributed by atoms with Gasteiger partial charge in [-0.1, -0.05) is 58.5 Å². The second kappa shape index (κ2) is 26.1. The van der Waals surface area contributed by atoms with Crippen molar-refractivity contribution in [2.24, 2.45) is 17.2 Å². The molecule has 436 valence electrons. The lowest BCUT2D eigenvalue weighted by Gasteiger charge is -2.15. The molecule has 0 spiro atoms. The Hall–Kier alpha value is -9.63. The Morgan fingerprint density at radius 2 is 0.929 bits per heavy atom. The highest BCUT2D eigenvalue weighted by molar-refractivity contribution is 6.36. The molecule has 23 nitrogen and oxygen atoms in total. The maximum atomic E-state index is 12.7. The number of hydrogen-bond donors (Lipinski definition) is 5. The summed E-state index contributed by atoms with van der Waals surface area (Å²) in [7, 11) is 0. The Labute approximate surface area is 488 Å². The number of alkyl halides is 3. The lowest BCUT2D eigenvalue weighted by atomic mass is 10.1. The molecule has 0 aliphatic carbocycles. The van der Waals surface area contributed by atoms with Gasteiger partial charge in [-0.25, -0.2) is 4.79 Å². The molecule has 0 bridgehead atoms. The van der Waals surface area contributed by atoms with Crippen LogP contribution in [0, 0.1) is 20.2 Å². The number of nitrogens with one attached hydrogen (secondary N) is 1. The summed E-state index contributed by atoms with van der Waals surface area (Å²) in [4.78, 5) is 115. The van der Waals surface area contributed by atoms with E-state index in [-0.39, 0.29) is 71.0 Å². The number of nitro benzene ring substituents is 2. The van der Waals surface area contributed by atoms with Gasteiger partial charge in [-0.15, -0.1) is 0 Å². The summed E-state index contributed by atoms with van der Waals surface area (Å²) >= 11 is 23.5. The number of hydrogen-bond acceptors (Lipinski definition) is 14. The molecule has 0 unspecified atom stereocenters. The van der Waals surface area contributed by atoms with Crippen molar-refractivity contribution in [3.05, 3.63) is 215 Å². The third kappa shape index (κ3) is 13.8. The minimum absolute atomic E-state index is 0.00176. The number of nitrogens with two attached hydrogens (primary N) is 4. The van der Waals surface area contributed by atoms with Crippen molar-refractivity contribution in [3.8, 4) is 0 Å². The number of pyridine rings is 3. The molecule has 5 aromatic carbocycles. The third-order valence-electron chi connectivity index (χ3n) is 12.8. The van der Waals surface area contributed by atoms with Crippen LogP contribution in [-0.2, 0) is 31.8 Å². The maximum absolute atomic E-state index is 12.7. The number of benzene rings is 5. The number of nitrogens with zero attached hydrogens (tertiary/aromatic N) is 5. The number of amides is 4. The molecule has 4 amide bonds. The van der Waals surface area contributed by atoms with E-state index < -0.39 is 80.1 Å². The summed E-state index contributed by atoms with van der Waals surface area (Å²) in [5.74, 6) is -2.45. The number of carbonyl (C=O) groups is 4. The molecule has 9 aromatic rings. The number of aromatic nitrogens is 3. The van der Waals surface area contributed by atoms with Crippen molar-refractivity contribution in [1.82, 2.24) is 13.7 Å². The molecule has 0 saturated heterocycles. The van der Waals surface area contributed by atoms with Gasteiger partial charge in [-0.3, -0.25) is 53.8 Å². The van der Waals surface area contributed by atoms with Gasteiger partial charge in [0.1, 0.15) is 28.2 Å². The van der Waals surface area contributed by atoms with Crippen molar-refractivity contribution in [3.63, 3.8) is 0 Å². The SMILES string of the molecule is C[C@H](C(N)=O)n1ccc2c(N)c(Cl)ccc2c1=O.C[C@H](C(N)=O)n1ccc2c(NC(=O)Cc3ccc(C(F)(F)F)cc3)c(Cl)ccc2c1=O.C[C@H](C(N)=O)n1ccc2c([N+](=O)[O-])c(Cl)ccc2c1=O.O=c1occc2c([N+](=O)[O-])c(Cl)ccc12. The predicted molar refractivity (Wildman–Crippen MR) is 310 cm³/mol. The number of fused-ring (bicyclic) bond motifs is 4. The zero-order valence-corrected chi connectivity index (χ0v) is 46.5. The molecule has 0 aliphatic rings. The average Bonchev–Trinajstić information content (AvgIpc) is 1.42. The Balaban J connectivity index is 0.000000187. The van der Waals surface area contributed by atoms with Gasteiger partial charge in [0.2, 0.25) is 23.6 Å². The first-order chi connectivity index (χ1) is 39.4. The van der Waals surface area contributed by atoms with E-state index in [0.29, 0.717) is 32.4 Å². The molecule has 9 rings (SSSR count). The standard InChI is InChI=1S/C21H17ClF3N3O3.C12H10ClN3O4.C12H12ClN3O2.C9H4ClNO4/c1-11(19(26)30)28-9-8-14-15(20(28)31)6-7-16(22)18(14)27-17(29)10-12-2-4-13(5-3-12)21(23,24)25;1-6(11(14)17)15-5-4-7-8(12(15)18)2-3-9(13)10(7)16(19)20;1-6(11(15)17)16-5-4-7-8(12(16)18)2-3-9(13)10(7)14;10-7-2-1-6-5(8(7)11(13)14)3-4-15-9(6)12/h2-9,11H,10H2,1H3,(H2,26,30)(H,27,29);2-6H,1H3,(H2,14,17);2-6H,14H2,1H3,(H2,15,17);1-4H/t11-;2*6-;/m111./s1. The number of halogens is 7. The minimum atomic E-state index is -4.46. The monoisotopic (exact) mass is 1240 g/mol. The molecule has 30 heteroatoms.